The number of ether oxygens (including phenoxy) is 2. The van der Waals surface area contributed by atoms with Gasteiger partial charge in [0, 0.05) is 0 Å². The van der Waals surface area contributed by atoms with Gasteiger partial charge in [-0.25, -0.2) is 9.69 Å². The quantitative estimate of drug-likeness (QED) is 0.795. The number of hydrogen-bond acceptors (Lipinski definition) is 4. The molecule has 0 radical (unpaired) electrons. The Morgan fingerprint density at radius 1 is 1.39 bits per heavy atom. The third kappa shape index (κ3) is 2.96. The van der Waals surface area contributed by atoms with E-state index in [0.29, 0.717) is 17.9 Å². The molecule has 0 fully saturated rings. The Kier molecular flexibility index (Phi) is 4.24. The molecule has 2 amide bonds. The van der Waals surface area contributed by atoms with E-state index in [4.69, 9.17) is 9.47 Å². The van der Waals surface area contributed by atoms with Crippen LogP contribution in [0.3, 0.4) is 0 Å². The van der Waals surface area contributed by atoms with Crippen molar-refractivity contribution in [3.8, 4) is 5.75 Å². The molecule has 1 aromatic carbocycles. The van der Waals surface area contributed by atoms with Crippen LogP contribution in [-0.4, -0.2) is 24.7 Å². The molecule has 1 aliphatic rings. The van der Waals surface area contributed by atoms with E-state index in [9.17, 15) is 9.59 Å². The summed E-state index contributed by atoms with van der Waals surface area (Å²) < 4.78 is 10.6. The highest BCUT2D eigenvalue weighted by molar-refractivity contribution is 6.21. The highest BCUT2D eigenvalue weighted by atomic mass is 16.6. The van der Waals surface area contributed by atoms with Crippen molar-refractivity contribution in [3.63, 3.8) is 0 Å². The van der Waals surface area contributed by atoms with Crippen molar-refractivity contribution < 1.29 is 19.1 Å². The SMILES string of the molecule is C=CC[C@@]1(C)C(=O)N(C(=O)OC(C)(C)C)c2ccc(OC)cc21. The molecule has 1 atom stereocenters. The summed E-state index contributed by atoms with van der Waals surface area (Å²) in [7, 11) is 1.56. The second-order valence-corrected chi connectivity index (χ2v) is 6.83. The molecule has 0 aliphatic carbocycles. The molecule has 0 saturated carbocycles. The maximum Gasteiger partial charge on any atom is 0.421 e. The van der Waals surface area contributed by atoms with E-state index in [1.165, 1.54) is 0 Å². The molecule has 0 saturated heterocycles. The van der Waals surface area contributed by atoms with Crippen LogP contribution in [0.15, 0.2) is 30.9 Å². The normalized spacial score (nSPS) is 20.2. The predicted octanol–water partition coefficient (Wildman–Crippen LogP) is 3.81. The molecule has 0 aromatic heterocycles. The number of carbonyl (C=O) groups excluding carboxylic acids is 2. The van der Waals surface area contributed by atoms with Gasteiger partial charge in [0.05, 0.1) is 18.2 Å². The second kappa shape index (κ2) is 5.72. The maximum absolute atomic E-state index is 12.9. The molecular weight excluding hydrogens is 294 g/mol. The van der Waals surface area contributed by atoms with Gasteiger partial charge in [-0.1, -0.05) is 6.08 Å². The standard InChI is InChI=1S/C18H23NO4/c1-7-10-18(5)13-11-12(22-6)8-9-14(13)19(15(18)20)16(21)23-17(2,3)4/h7-9,11H,1,10H2,2-6H3/t18-/m1/s1. The first-order chi connectivity index (χ1) is 10.6. The van der Waals surface area contributed by atoms with Crippen LogP contribution in [0.4, 0.5) is 10.5 Å². The number of imide groups is 1. The lowest BCUT2D eigenvalue weighted by Crippen LogP contribution is -2.44. The summed E-state index contributed by atoms with van der Waals surface area (Å²) in [5.74, 6) is 0.327. The van der Waals surface area contributed by atoms with Gasteiger partial charge in [0.1, 0.15) is 11.4 Å². The number of benzene rings is 1. The number of methoxy groups -OCH3 is 1. The number of rotatable bonds is 3. The van der Waals surface area contributed by atoms with Crippen molar-refractivity contribution in [1.82, 2.24) is 0 Å². The van der Waals surface area contributed by atoms with E-state index in [1.807, 2.05) is 0 Å². The number of carbonyl (C=O) groups is 2. The monoisotopic (exact) mass is 317 g/mol. The van der Waals surface area contributed by atoms with Gasteiger partial charge in [0.25, 0.3) is 0 Å². The fourth-order valence-corrected chi connectivity index (χ4v) is 2.73. The third-order valence-electron chi connectivity index (χ3n) is 3.84. The van der Waals surface area contributed by atoms with Crippen LogP contribution < -0.4 is 9.64 Å². The summed E-state index contributed by atoms with van der Waals surface area (Å²) in [6.07, 6.45) is 1.44. The number of anilines is 1. The molecule has 0 spiro atoms. The molecule has 5 nitrogen and oxygen atoms in total. The van der Waals surface area contributed by atoms with E-state index >= 15 is 0 Å². The third-order valence-corrected chi connectivity index (χ3v) is 3.84. The van der Waals surface area contributed by atoms with Crippen molar-refractivity contribution in [2.75, 3.05) is 12.0 Å². The molecule has 1 aromatic rings. The molecule has 0 bridgehead atoms. The number of allylic oxidation sites excluding steroid dienone is 1. The van der Waals surface area contributed by atoms with Crippen LogP contribution in [-0.2, 0) is 14.9 Å². The van der Waals surface area contributed by atoms with Gasteiger partial charge in [0.2, 0.25) is 5.91 Å². The first-order valence-corrected chi connectivity index (χ1v) is 7.51. The van der Waals surface area contributed by atoms with Crippen LogP contribution >= 0.6 is 0 Å². The highest BCUT2D eigenvalue weighted by Gasteiger charge is 2.50. The minimum absolute atomic E-state index is 0.310. The minimum Gasteiger partial charge on any atom is -0.497 e. The van der Waals surface area contributed by atoms with E-state index in [0.717, 1.165) is 10.5 Å². The van der Waals surface area contributed by atoms with Crippen molar-refractivity contribution in [2.24, 2.45) is 0 Å². The topological polar surface area (TPSA) is 55.8 Å². The van der Waals surface area contributed by atoms with E-state index in [2.05, 4.69) is 6.58 Å². The van der Waals surface area contributed by atoms with Gasteiger partial charge in [-0.3, -0.25) is 4.79 Å². The average molecular weight is 317 g/mol. The average Bonchev–Trinajstić information content (AvgIpc) is 2.66. The fourth-order valence-electron chi connectivity index (χ4n) is 2.73. The molecule has 5 heteroatoms. The zero-order valence-corrected chi connectivity index (χ0v) is 14.3. The smallest absolute Gasteiger partial charge is 0.421 e. The lowest BCUT2D eigenvalue weighted by Gasteiger charge is -2.25. The molecule has 1 heterocycles. The lowest BCUT2D eigenvalue weighted by molar-refractivity contribution is -0.122. The number of amides is 2. The van der Waals surface area contributed by atoms with E-state index in [-0.39, 0.29) is 5.91 Å². The fraction of sp³-hybridized carbons (Fsp3) is 0.444. The Morgan fingerprint density at radius 3 is 2.57 bits per heavy atom. The van der Waals surface area contributed by atoms with Crippen LogP contribution in [0.1, 0.15) is 39.7 Å². The van der Waals surface area contributed by atoms with Crippen LogP contribution in [0.25, 0.3) is 0 Å². The second-order valence-electron chi connectivity index (χ2n) is 6.83. The highest BCUT2D eigenvalue weighted by Crippen LogP contribution is 2.46. The van der Waals surface area contributed by atoms with E-state index in [1.54, 1.807) is 59.1 Å². The molecular formula is C18H23NO4. The van der Waals surface area contributed by atoms with Gasteiger partial charge < -0.3 is 9.47 Å². The predicted molar refractivity (Wildman–Crippen MR) is 88.9 cm³/mol. The summed E-state index contributed by atoms with van der Waals surface area (Å²) >= 11 is 0. The Bertz CT molecular complexity index is 659. The number of nitrogens with zero attached hydrogens (tertiary/aromatic N) is 1. The van der Waals surface area contributed by atoms with Crippen LogP contribution in [0.5, 0.6) is 5.75 Å². The molecule has 124 valence electrons. The summed E-state index contributed by atoms with van der Waals surface area (Å²) in [6.45, 7) is 10.8. The number of fused-ring (bicyclic) bond motifs is 1. The lowest BCUT2D eigenvalue weighted by atomic mass is 9.80. The van der Waals surface area contributed by atoms with Gasteiger partial charge in [-0.05, 0) is 57.9 Å². The van der Waals surface area contributed by atoms with Gasteiger partial charge >= 0.3 is 6.09 Å². The zero-order valence-electron chi connectivity index (χ0n) is 14.3. The zero-order chi connectivity index (χ0) is 17.4. The summed E-state index contributed by atoms with van der Waals surface area (Å²) in [6, 6.07) is 5.23. The minimum atomic E-state index is -0.859. The number of hydrogen-bond donors (Lipinski definition) is 0. The van der Waals surface area contributed by atoms with E-state index < -0.39 is 17.1 Å². The van der Waals surface area contributed by atoms with Crippen LogP contribution in [0, 0.1) is 0 Å². The Labute approximate surface area is 136 Å². The summed E-state index contributed by atoms with van der Waals surface area (Å²) in [4.78, 5) is 26.6. The van der Waals surface area contributed by atoms with Gasteiger partial charge in [-0.2, -0.15) is 0 Å². The first-order valence-electron chi connectivity index (χ1n) is 7.51. The Hall–Kier alpha value is -2.30. The molecule has 1 aliphatic heterocycles. The van der Waals surface area contributed by atoms with Crippen molar-refractivity contribution >= 4 is 17.7 Å². The van der Waals surface area contributed by atoms with Crippen LogP contribution in [0.2, 0.25) is 0 Å². The Balaban J connectivity index is 2.54. The van der Waals surface area contributed by atoms with Crippen molar-refractivity contribution in [2.45, 2.75) is 45.1 Å². The van der Waals surface area contributed by atoms with Crippen molar-refractivity contribution in [1.29, 1.82) is 0 Å². The first kappa shape index (κ1) is 17.1. The van der Waals surface area contributed by atoms with Crippen molar-refractivity contribution in [3.05, 3.63) is 36.4 Å². The largest absolute Gasteiger partial charge is 0.497 e. The molecule has 0 N–H and O–H groups in total. The molecule has 0 unspecified atom stereocenters. The molecule has 23 heavy (non-hydrogen) atoms. The summed E-state index contributed by atoms with van der Waals surface area (Å²) in [5, 5.41) is 0. The van der Waals surface area contributed by atoms with Gasteiger partial charge in [-0.15, -0.1) is 6.58 Å². The summed E-state index contributed by atoms with van der Waals surface area (Å²) in [5.41, 5.74) is -0.258. The van der Waals surface area contributed by atoms with Gasteiger partial charge in [0.15, 0.2) is 0 Å². The maximum atomic E-state index is 12.9. The molecule has 2 rings (SSSR count). The Morgan fingerprint density at radius 2 is 2.04 bits per heavy atom.